The van der Waals surface area contributed by atoms with Gasteiger partial charge in [-0.05, 0) is 143 Å². The van der Waals surface area contributed by atoms with Gasteiger partial charge in [-0.25, -0.2) is 0 Å². The fraction of sp³-hybridized carbons (Fsp3) is 0.618. The number of primary amides is 1. The summed E-state index contributed by atoms with van der Waals surface area (Å²) in [5.74, 6) is -13.4. The second kappa shape index (κ2) is 41.3. The third-order valence-corrected chi connectivity index (χ3v) is 20.0. The SMILES string of the molecule is CC[C@H](C)[C@@H]1NC(=O)[C@H](CC(=O)[O-])NC(=O)[C@H](CC(C)C)NC(=O)[C@@H]2CCCN2C(=O)[C@@H]2CSCc3cc(cc(c3)OCCCCCCO/N=C/C(=O)N[C@@H](CCCC[NH3+])C(=O)N2)CSC[C@@H](C(N)=O)NC(=O)[C@H](CCC(=O)[O-])NC(=O)[C@H](Cc2ccc(O)cc2)NC(=O)[C@@H]2CCCN2C1=O. The zero-order chi connectivity index (χ0) is 73.7. The van der Waals surface area contributed by atoms with Crippen molar-refractivity contribution in [2.45, 2.75) is 209 Å². The number of amides is 11. The highest BCUT2D eigenvalue weighted by Gasteiger charge is 2.43. The molecule has 4 aliphatic rings. The minimum absolute atomic E-state index is 0.0284. The Hall–Kier alpha value is -8.72. The standard InChI is InChI=1S/C68H99N13O18S2/c1-5-40(4)58-68(97)81-25-13-16-54(81)66(95)76-49(32-41-17-19-44(82)20-18-41)63(92)73-47(21-22-56(84)85)61(90)77-51(59(70)88)37-100-35-42-29-43-31-45(30-42)98-26-10-6-7-11-27-99-71-34-55(83)72-46(14-8-9-23-69)60(89)78-52(38-101-36-43)67(96)80-24-12-15-53(80)65(94)75-48(28-39(2)3)62(91)74-50(33-57(86)87)64(93)79-58/h17-20,29-31,34,39-40,46-54,58,82H,5-16,21-28,32-33,35-38,69H2,1-4H3,(H2,70,88)(H,72,83)(H,73,92)(H,74,91)(H,75,94)(H,76,95)(H,77,90)(H,78,89)(H,79,93)(H,84,85)(H,86,87)/p-1/b71-34+/t40-,46-,47-,48-,49-,50-,51-,52-,53-,54-,58-/m0/s1. The molecule has 0 radical (unpaired) electrons. The molecule has 4 aliphatic heterocycles. The summed E-state index contributed by atoms with van der Waals surface area (Å²) in [5, 5.41) is 59.4. The molecule has 14 N–H and O–H groups in total. The maximum absolute atomic E-state index is 15.2. The van der Waals surface area contributed by atoms with Gasteiger partial charge in [-0.3, -0.25) is 52.7 Å². The topological polar surface area (TPSA) is 475 Å². The molecule has 0 aromatic heterocycles. The smallest absolute Gasteiger partial charge is 0.266 e. The van der Waals surface area contributed by atoms with Crippen molar-refractivity contribution >= 4 is 107 Å². The molecule has 11 atom stereocenters. The number of carbonyl (C=O) groups is 13. The number of phenolic OH excluding ortho intramolecular Hbond substituents is 1. The number of oxime groups is 1. The van der Waals surface area contributed by atoms with Gasteiger partial charge >= 0.3 is 0 Å². The molecule has 101 heavy (non-hydrogen) atoms. The van der Waals surface area contributed by atoms with E-state index in [1.165, 1.54) is 57.6 Å². The van der Waals surface area contributed by atoms with Crippen LogP contribution in [-0.2, 0) is 85.1 Å². The van der Waals surface area contributed by atoms with Gasteiger partial charge in [0.25, 0.3) is 5.91 Å². The molecule has 33 heteroatoms. The summed E-state index contributed by atoms with van der Waals surface area (Å²) in [6.07, 6.45) is 3.18. The average molecular weight is 1450 g/mol. The van der Waals surface area contributed by atoms with Crippen LogP contribution in [0.1, 0.15) is 147 Å². The molecule has 2 aromatic carbocycles. The molecular weight excluding hydrogens is 1350 g/mol. The minimum Gasteiger partial charge on any atom is -0.550 e. The predicted molar refractivity (Wildman–Crippen MR) is 367 cm³/mol. The number of ether oxygens (including phenoxy) is 1. The molecule has 2 saturated heterocycles. The summed E-state index contributed by atoms with van der Waals surface area (Å²) < 4.78 is 6.29. The summed E-state index contributed by atoms with van der Waals surface area (Å²) in [6, 6.07) is -3.30. The lowest BCUT2D eigenvalue weighted by Gasteiger charge is -2.33. The van der Waals surface area contributed by atoms with E-state index in [0.29, 0.717) is 67.7 Å². The zero-order valence-electron chi connectivity index (χ0n) is 57.8. The molecule has 0 spiro atoms. The monoisotopic (exact) mass is 1450 g/mol. The van der Waals surface area contributed by atoms with Crippen LogP contribution in [0.4, 0.5) is 0 Å². The third kappa shape index (κ3) is 26.3. The first-order chi connectivity index (χ1) is 48.2. The second-order valence-corrected chi connectivity index (χ2v) is 28.3. The molecule has 4 heterocycles. The van der Waals surface area contributed by atoms with Gasteiger partial charge in [0.1, 0.15) is 84.7 Å². The molecule has 11 amide bonds. The number of phenols is 1. The van der Waals surface area contributed by atoms with Gasteiger partial charge in [-0.1, -0.05) is 57.5 Å². The fourth-order valence-electron chi connectivity index (χ4n) is 12.1. The maximum atomic E-state index is 15.2. The number of benzene rings is 2. The Morgan fingerprint density at radius 3 is 1.82 bits per heavy atom. The number of hydrogen-bond acceptors (Lipinski definition) is 21. The number of carbonyl (C=O) groups excluding carboxylic acids is 13. The van der Waals surface area contributed by atoms with Crippen molar-refractivity contribution in [2.75, 3.05) is 44.4 Å². The number of carboxylic acid groups (broad SMARTS) is 2. The number of unbranched alkanes of at least 4 members (excludes halogenated alkanes) is 1. The fourth-order valence-corrected chi connectivity index (χ4v) is 14.1. The van der Waals surface area contributed by atoms with Gasteiger partial charge < -0.3 is 98.3 Å². The van der Waals surface area contributed by atoms with Crippen LogP contribution >= 0.6 is 23.5 Å². The summed E-state index contributed by atoms with van der Waals surface area (Å²) in [7, 11) is 0. The maximum Gasteiger partial charge on any atom is 0.266 e. The summed E-state index contributed by atoms with van der Waals surface area (Å²) in [5.41, 5.74) is 11.6. The summed E-state index contributed by atoms with van der Waals surface area (Å²) >= 11 is 2.45. The van der Waals surface area contributed by atoms with Crippen LogP contribution in [0.3, 0.4) is 0 Å². The van der Waals surface area contributed by atoms with E-state index >= 15 is 4.79 Å². The van der Waals surface area contributed by atoms with Gasteiger partial charge in [0.05, 0.1) is 13.2 Å². The van der Waals surface area contributed by atoms with Crippen LogP contribution in [0.5, 0.6) is 11.5 Å². The highest BCUT2D eigenvalue weighted by atomic mass is 32.2. The number of nitrogens with two attached hydrogens (primary N) is 1. The molecule has 2 aromatic rings. The number of nitrogens with zero attached hydrogens (tertiary/aromatic N) is 3. The van der Waals surface area contributed by atoms with Crippen molar-refractivity contribution in [3.05, 3.63) is 59.2 Å². The average Bonchev–Trinajstić information content (AvgIpc) is 1.79. The van der Waals surface area contributed by atoms with Crippen molar-refractivity contribution < 1.29 is 93.0 Å². The van der Waals surface area contributed by atoms with E-state index in [4.69, 9.17) is 15.3 Å². The summed E-state index contributed by atoms with van der Waals surface area (Å²) in [6.45, 7) is 7.91. The highest BCUT2D eigenvalue weighted by molar-refractivity contribution is 7.98. The number of aliphatic carboxylic acids is 2. The Kier molecular flexibility index (Phi) is 33.2. The van der Waals surface area contributed by atoms with E-state index in [2.05, 4.69) is 53.4 Å². The van der Waals surface area contributed by atoms with E-state index in [1.54, 1.807) is 33.8 Å². The van der Waals surface area contributed by atoms with E-state index in [9.17, 15) is 72.9 Å². The highest BCUT2D eigenvalue weighted by Crippen LogP contribution is 2.28. The Morgan fingerprint density at radius 2 is 1.21 bits per heavy atom. The van der Waals surface area contributed by atoms with Crippen LogP contribution in [0.2, 0.25) is 0 Å². The molecule has 31 nitrogen and oxygen atoms in total. The molecular formula is C68H98N13O18S2-. The van der Waals surface area contributed by atoms with E-state index in [0.717, 1.165) is 19.1 Å². The number of fused-ring (bicyclic) bond motifs is 7. The lowest BCUT2D eigenvalue weighted by molar-refractivity contribution is -0.368. The largest absolute Gasteiger partial charge is 0.550 e. The number of aromatic hydroxyl groups is 1. The van der Waals surface area contributed by atoms with Crippen molar-refractivity contribution in [2.24, 2.45) is 22.7 Å². The van der Waals surface area contributed by atoms with Gasteiger partial charge in [-0.2, -0.15) is 23.5 Å². The van der Waals surface area contributed by atoms with Crippen molar-refractivity contribution in [3.63, 3.8) is 0 Å². The minimum atomic E-state index is -1.91. The Labute approximate surface area is 595 Å². The van der Waals surface area contributed by atoms with Gasteiger partial charge in [-0.15, -0.1) is 0 Å². The Morgan fingerprint density at radius 1 is 0.644 bits per heavy atom. The number of hydrogen-bond donors (Lipinski definition) is 11. The van der Waals surface area contributed by atoms with E-state index < -0.39 is 163 Å². The number of quaternary nitrogens is 1. The van der Waals surface area contributed by atoms with E-state index in [1.807, 2.05) is 12.1 Å². The number of thioether (sulfide) groups is 2. The van der Waals surface area contributed by atoms with Gasteiger partial charge in [0.15, 0.2) is 0 Å². The number of carboxylic acids is 2. The van der Waals surface area contributed by atoms with Crippen LogP contribution in [0.15, 0.2) is 47.6 Å². The first-order valence-corrected chi connectivity index (χ1v) is 36.9. The third-order valence-electron chi connectivity index (χ3n) is 17.8. The Bertz CT molecular complexity index is 3250. The normalized spacial score (nSPS) is 25.9. The van der Waals surface area contributed by atoms with Crippen molar-refractivity contribution in [1.82, 2.24) is 52.3 Å². The quantitative estimate of drug-likeness (QED) is 0.0780. The van der Waals surface area contributed by atoms with Crippen molar-refractivity contribution in [3.8, 4) is 11.5 Å². The zero-order valence-corrected chi connectivity index (χ0v) is 59.4. The molecule has 0 unspecified atom stereocenters. The molecule has 6 rings (SSSR count). The van der Waals surface area contributed by atoms with Gasteiger partial charge in [0.2, 0.25) is 59.1 Å². The Balaban J connectivity index is 1.42. The van der Waals surface area contributed by atoms with Crippen molar-refractivity contribution in [1.29, 1.82) is 0 Å². The van der Waals surface area contributed by atoms with Crippen LogP contribution < -0.4 is 69.0 Å². The molecule has 4 bridgehead atoms. The van der Waals surface area contributed by atoms with Crippen LogP contribution in [0.25, 0.3) is 0 Å². The number of nitrogens with one attached hydrogen (secondary N) is 8. The molecule has 0 saturated carbocycles. The second-order valence-electron chi connectivity index (χ2n) is 26.3. The molecule has 2 fully saturated rings. The first kappa shape index (κ1) is 81.2. The first-order valence-electron chi connectivity index (χ1n) is 34.6. The van der Waals surface area contributed by atoms with Crippen LogP contribution in [-0.4, -0.2) is 203 Å². The molecule has 556 valence electrons. The summed E-state index contributed by atoms with van der Waals surface area (Å²) in [4.78, 5) is 191. The van der Waals surface area contributed by atoms with Gasteiger partial charge in [0, 0.05) is 60.9 Å². The van der Waals surface area contributed by atoms with E-state index in [-0.39, 0.29) is 99.3 Å². The number of rotatable bonds is 16. The van der Waals surface area contributed by atoms with Crippen LogP contribution in [0, 0.1) is 11.8 Å². The lowest BCUT2D eigenvalue weighted by Crippen LogP contribution is -2.62. The molecule has 0 aliphatic carbocycles. The lowest BCUT2D eigenvalue weighted by atomic mass is 9.96. The predicted octanol–water partition coefficient (Wildman–Crippen LogP) is -2.41.